The van der Waals surface area contributed by atoms with Crippen LogP contribution >= 0.6 is 0 Å². The average molecular weight is 359 g/mol. The molecule has 0 radical (unpaired) electrons. The molecule has 0 saturated carbocycles. The number of ether oxygens (including phenoxy) is 2. The number of amides is 1. The van der Waals surface area contributed by atoms with Crippen LogP contribution in [0.15, 0.2) is 47.6 Å². The largest absolute Gasteiger partial charge is 0.504 e. The van der Waals surface area contributed by atoms with Crippen LogP contribution in [0, 0.1) is 10.1 Å². The van der Waals surface area contributed by atoms with Crippen LogP contribution in [-0.4, -0.2) is 35.4 Å². The first-order valence-electron chi connectivity index (χ1n) is 7.65. The van der Waals surface area contributed by atoms with Crippen molar-refractivity contribution in [3.05, 3.63) is 58.1 Å². The number of benzene rings is 2. The van der Waals surface area contributed by atoms with Crippen molar-refractivity contribution in [2.45, 2.75) is 6.92 Å². The summed E-state index contributed by atoms with van der Waals surface area (Å²) >= 11 is 0. The molecule has 2 rings (SSSR count). The predicted octanol–water partition coefficient (Wildman–Crippen LogP) is 2.23. The Morgan fingerprint density at radius 3 is 2.69 bits per heavy atom. The second-order valence-corrected chi connectivity index (χ2v) is 4.93. The maximum absolute atomic E-state index is 11.7. The number of para-hydroxylation sites is 3. The van der Waals surface area contributed by atoms with E-state index in [-0.39, 0.29) is 17.2 Å². The molecule has 0 atom stereocenters. The second kappa shape index (κ2) is 9.02. The lowest BCUT2D eigenvalue weighted by atomic mass is 10.2. The van der Waals surface area contributed by atoms with Crippen molar-refractivity contribution in [3.8, 4) is 17.2 Å². The highest BCUT2D eigenvalue weighted by Crippen LogP contribution is 2.28. The molecule has 26 heavy (non-hydrogen) atoms. The van der Waals surface area contributed by atoms with Crippen LogP contribution < -0.4 is 14.9 Å². The third-order valence-electron chi connectivity index (χ3n) is 3.14. The van der Waals surface area contributed by atoms with Gasteiger partial charge in [-0.25, -0.2) is 5.43 Å². The highest BCUT2D eigenvalue weighted by Gasteiger charge is 2.14. The molecule has 9 heteroatoms. The highest BCUT2D eigenvalue weighted by molar-refractivity contribution is 5.86. The molecule has 2 aromatic rings. The van der Waals surface area contributed by atoms with E-state index >= 15 is 0 Å². The van der Waals surface area contributed by atoms with Gasteiger partial charge in [-0.2, -0.15) is 5.10 Å². The second-order valence-electron chi connectivity index (χ2n) is 4.93. The Kier molecular flexibility index (Phi) is 6.49. The number of carbonyl (C=O) groups is 1. The minimum atomic E-state index is -0.611. The van der Waals surface area contributed by atoms with Gasteiger partial charge in [0.25, 0.3) is 5.91 Å². The first-order valence-corrected chi connectivity index (χ1v) is 7.65. The molecule has 0 aliphatic carbocycles. The maximum Gasteiger partial charge on any atom is 0.310 e. The van der Waals surface area contributed by atoms with E-state index in [9.17, 15) is 20.0 Å². The van der Waals surface area contributed by atoms with E-state index in [1.807, 2.05) is 0 Å². The Labute approximate surface area is 149 Å². The third kappa shape index (κ3) is 4.94. The van der Waals surface area contributed by atoms with Crippen molar-refractivity contribution in [2.24, 2.45) is 5.10 Å². The fraction of sp³-hybridized carbons (Fsp3) is 0.176. The minimum Gasteiger partial charge on any atom is -0.504 e. The van der Waals surface area contributed by atoms with Crippen LogP contribution in [0.4, 0.5) is 5.69 Å². The van der Waals surface area contributed by atoms with E-state index in [2.05, 4.69) is 10.5 Å². The molecule has 9 nitrogen and oxygen atoms in total. The Morgan fingerprint density at radius 1 is 1.23 bits per heavy atom. The van der Waals surface area contributed by atoms with E-state index in [0.717, 1.165) is 0 Å². The summed E-state index contributed by atoms with van der Waals surface area (Å²) in [6, 6.07) is 10.6. The number of carbonyl (C=O) groups excluding carboxylic acids is 1. The molecule has 0 heterocycles. The molecule has 136 valence electrons. The maximum atomic E-state index is 11.7. The Balaban J connectivity index is 1.92. The van der Waals surface area contributed by atoms with Crippen molar-refractivity contribution in [2.75, 3.05) is 13.2 Å². The van der Waals surface area contributed by atoms with Crippen molar-refractivity contribution < 1.29 is 24.3 Å². The van der Waals surface area contributed by atoms with Gasteiger partial charge < -0.3 is 14.6 Å². The molecule has 0 aliphatic rings. The Morgan fingerprint density at radius 2 is 1.96 bits per heavy atom. The minimum absolute atomic E-state index is 0.0151. The number of aromatic hydroxyl groups is 1. The van der Waals surface area contributed by atoms with Gasteiger partial charge in [0.2, 0.25) is 0 Å². The number of hydrogen-bond acceptors (Lipinski definition) is 7. The van der Waals surface area contributed by atoms with Gasteiger partial charge in [0.1, 0.15) is 0 Å². The summed E-state index contributed by atoms with van der Waals surface area (Å²) < 4.78 is 10.4. The number of rotatable bonds is 8. The van der Waals surface area contributed by atoms with Crippen LogP contribution in [-0.2, 0) is 4.79 Å². The van der Waals surface area contributed by atoms with E-state index in [1.54, 1.807) is 31.2 Å². The van der Waals surface area contributed by atoms with Gasteiger partial charge >= 0.3 is 5.69 Å². The van der Waals surface area contributed by atoms with Crippen molar-refractivity contribution in [1.82, 2.24) is 5.43 Å². The van der Waals surface area contributed by atoms with Gasteiger partial charge in [-0.1, -0.05) is 18.2 Å². The first-order chi connectivity index (χ1) is 12.5. The Hall–Kier alpha value is -3.62. The number of hydrazone groups is 1. The molecule has 2 N–H and O–H groups in total. The van der Waals surface area contributed by atoms with Gasteiger partial charge in [0.05, 0.1) is 17.7 Å². The number of phenolic OH excluding ortho intramolecular Hbond substituents is 1. The quantitative estimate of drug-likeness (QED) is 0.423. The molecule has 0 aromatic heterocycles. The summed E-state index contributed by atoms with van der Waals surface area (Å²) in [4.78, 5) is 22.0. The highest BCUT2D eigenvalue weighted by atomic mass is 16.6. The summed E-state index contributed by atoms with van der Waals surface area (Å²) in [5.74, 6) is -0.412. The topological polar surface area (TPSA) is 123 Å². The lowest BCUT2D eigenvalue weighted by Gasteiger charge is -2.07. The lowest BCUT2D eigenvalue weighted by Crippen LogP contribution is -2.24. The van der Waals surface area contributed by atoms with E-state index < -0.39 is 17.4 Å². The van der Waals surface area contributed by atoms with E-state index in [0.29, 0.717) is 17.9 Å². The number of nitrogens with one attached hydrogen (secondary N) is 1. The van der Waals surface area contributed by atoms with Crippen molar-refractivity contribution in [1.29, 1.82) is 0 Å². The molecule has 0 fully saturated rings. The summed E-state index contributed by atoms with van der Waals surface area (Å²) in [6.07, 6.45) is 1.25. The Bertz CT molecular complexity index is 822. The van der Waals surface area contributed by atoms with Gasteiger partial charge in [0.15, 0.2) is 23.9 Å². The standard InChI is InChI=1S/C17H17N3O6/c1-2-25-15-9-5-6-12(17(15)22)10-18-19-16(21)11-26-14-8-4-3-7-13(14)20(23)24/h3-10,22H,2,11H2,1H3,(H,19,21)/b18-10-. The molecule has 0 spiro atoms. The van der Waals surface area contributed by atoms with Gasteiger partial charge in [-0.05, 0) is 25.1 Å². The summed E-state index contributed by atoms with van der Waals surface area (Å²) in [5, 5.41) is 24.6. The predicted molar refractivity (Wildman–Crippen MR) is 93.6 cm³/mol. The van der Waals surface area contributed by atoms with Crippen LogP contribution in [0.1, 0.15) is 12.5 Å². The lowest BCUT2D eigenvalue weighted by molar-refractivity contribution is -0.385. The third-order valence-corrected chi connectivity index (χ3v) is 3.14. The van der Waals surface area contributed by atoms with Crippen molar-refractivity contribution in [3.63, 3.8) is 0 Å². The molecule has 1 amide bonds. The number of nitro groups is 1. The van der Waals surface area contributed by atoms with Crippen LogP contribution in [0.2, 0.25) is 0 Å². The number of nitro benzene ring substituents is 1. The molecule has 0 bridgehead atoms. The van der Waals surface area contributed by atoms with Crippen LogP contribution in [0.5, 0.6) is 17.2 Å². The number of phenols is 1. The van der Waals surface area contributed by atoms with Gasteiger partial charge in [0, 0.05) is 11.6 Å². The van der Waals surface area contributed by atoms with E-state index in [1.165, 1.54) is 24.4 Å². The zero-order chi connectivity index (χ0) is 18.9. The zero-order valence-electron chi connectivity index (χ0n) is 13.9. The summed E-state index contributed by atoms with van der Waals surface area (Å²) in [6.45, 7) is 1.73. The summed E-state index contributed by atoms with van der Waals surface area (Å²) in [7, 11) is 0. The van der Waals surface area contributed by atoms with Crippen LogP contribution in [0.3, 0.4) is 0 Å². The molecular formula is C17H17N3O6. The fourth-order valence-corrected chi connectivity index (χ4v) is 1.99. The smallest absolute Gasteiger partial charge is 0.310 e. The average Bonchev–Trinajstić information content (AvgIpc) is 2.63. The molecular weight excluding hydrogens is 342 g/mol. The molecule has 0 unspecified atom stereocenters. The SMILES string of the molecule is CCOc1cccc(/C=N\NC(=O)COc2ccccc2[N+](=O)[O-])c1O. The molecule has 0 saturated heterocycles. The number of hydrogen-bond donors (Lipinski definition) is 2. The van der Waals surface area contributed by atoms with Crippen molar-refractivity contribution >= 4 is 17.8 Å². The first kappa shape index (κ1) is 18.7. The van der Waals surface area contributed by atoms with Crippen LogP contribution in [0.25, 0.3) is 0 Å². The normalized spacial score (nSPS) is 10.5. The van der Waals surface area contributed by atoms with Gasteiger partial charge in [-0.3, -0.25) is 14.9 Å². The number of nitrogens with zero attached hydrogens (tertiary/aromatic N) is 2. The zero-order valence-corrected chi connectivity index (χ0v) is 13.9. The van der Waals surface area contributed by atoms with E-state index in [4.69, 9.17) is 9.47 Å². The molecule has 2 aromatic carbocycles. The summed E-state index contributed by atoms with van der Waals surface area (Å²) in [5.41, 5.74) is 2.34. The van der Waals surface area contributed by atoms with Gasteiger partial charge in [-0.15, -0.1) is 0 Å². The fourth-order valence-electron chi connectivity index (χ4n) is 1.99. The molecule has 0 aliphatic heterocycles. The monoisotopic (exact) mass is 359 g/mol.